The molecule has 4 saturated heterocycles. The third-order valence-corrected chi connectivity index (χ3v) is 10.3. The van der Waals surface area contributed by atoms with Gasteiger partial charge in [0.2, 0.25) is 5.97 Å². The van der Waals surface area contributed by atoms with E-state index in [1.165, 1.54) is 19.8 Å². The van der Waals surface area contributed by atoms with Crippen LogP contribution in [-0.2, 0) is 63.2 Å². The summed E-state index contributed by atoms with van der Waals surface area (Å²) in [7, 11) is 1.71. The van der Waals surface area contributed by atoms with E-state index in [1.807, 2.05) is 6.92 Å². The van der Waals surface area contributed by atoms with Crippen LogP contribution in [0.15, 0.2) is 0 Å². The molecule has 3 radical (unpaired) electrons. The molecule has 4 aliphatic heterocycles. The van der Waals surface area contributed by atoms with Crippen molar-refractivity contribution in [3.05, 3.63) is 0 Å². The average Bonchev–Trinajstić information content (AvgIpc) is 3.21. The topological polar surface area (TPSA) is 237 Å². The van der Waals surface area contributed by atoms with Crippen molar-refractivity contribution in [1.29, 1.82) is 4.78 Å². The van der Waals surface area contributed by atoms with Gasteiger partial charge < -0.3 is 32.8 Å². The number of esters is 2. The fraction of sp³-hybridized carbons (Fsp3) is 0.854. The summed E-state index contributed by atoms with van der Waals surface area (Å²) in [6.45, 7) is 16.0. The summed E-state index contributed by atoms with van der Waals surface area (Å²) in [5.74, 6) is -1.14. The Hall–Kier alpha value is -2.67. The summed E-state index contributed by atoms with van der Waals surface area (Å²) in [4.78, 5) is 75.0. The number of Topliss-reactive ketones (excluding diaryl/α,β-unsaturated/α-hetero) is 1. The van der Waals surface area contributed by atoms with E-state index in [2.05, 4.69) is 49.8 Å². The zero-order chi connectivity index (χ0) is 47.9. The Morgan fingerprint density at radius 1 is 0.708 bits per heavy atom. The molecule has 5 unspecified atom stereocenters. The Kier molecular flexibility index (Phi) is 40.3. The fourth-order valence-electron chi connectivity index (χ4n) is 6.93. The van der Waals surface area contributed by atoms with Crippen molar-refractivity contribution in [2.75, 3.05) is 65.6 Å². The van der Waals surface area contributed by atoms with Gasteiger partial charge in [0, 0.05) is 91.5 Å². The smallest absolute Gasteiger partial charge is 0.793 e. The van der Waals surface area contributed by atoms with Crippen molar-refractivity contribution >= 4 is 54.2 Å². The number of ketones is 1. The van der Waals surface area contributed by atoms with Crippen LogP contribution in [0.4, 0.5) is 13.2 Å². The number of nitrogens with one attached hydrogen (secondary N) is 3. The molecule has 6 aliphatic rings. The SMILES string of the molecule is C.CC(=O)OOC(C)=O.CCC1CNCC(N2CC(F)C2)C1.CCOC(=O)C1CCCC(=O)C1.CCOC(=O)C1CCCC(N2CC(F)C2)C1.FC1CNC1.N=S(=O)=O.[B-]OC(C)=O.[Na+]. The van der Waals surface area contributed by atoms with E-state index in [1.54, 1.807) is 6.92 Å². The summed E-state index contributed by atoms with van der Waals surface area (Å²) in [5.41, 5.74) is 0. The molecule has 6 rings (SSSR count). The van der Waals surface area contributed by atoms with Gasteiger partial charge in [-0.25, -0.2) is 32.5 Å². The number of piperidine rings is 1. The molecular formula is C41H73BF3N5NaO13S. The van der Waals surface area contributed by atoms with Gasteiger partial charge in [0.25, 0.3) is 0 Å². The first kappa shape index (κ1) is 66.6. The Balaban J connectivity index is -0.000000722. The Morgan fingerprint density at radius 3 is 1.51 bits per heavy atom. The summed E-state index contributed by atoms with van der Waals surface area (Å²) in [6, 6.07) is 1.00. The number of rotatable bonds is 7. The van der Waals surface area contributed by atoms with Gasteiger partial charge in [-0.05, 0) is 64.8 Å². The van der Waals surface area contributed by atoms with E-state index < -0.39 is 46.9 Å². The minimum absolute atomic E-state index is 0. The van der Waals surface area contributed by atoms with E-state index >= 15 is 0 Å². The summed E-state index contributed by atoms with van der Waals surface area (Å²) < 4.78 is 73.2. The maximum Gasteiger partial charge on any atom is 1.00 e. The van der Waals surface area contributed by atoms with Crippen LogP contribution >= 0.6 is 0 Å². The van der Waals surface area contributed by atoms with Crippen molar-refractivity contribution in [2.45, 2.75) is 144 Å². The van der Waals surface area contributed by atoms with Crippen LogP contribution in [0.5, 0.6) is 0 Å². The number of likely N-dealkylation sites (tertiary alicyclic amines) is 2. The van der Waals surface area contributed by atoms with E-state index in [0.717, 1.165) is 71.4 Å². The number of nitrogens with zero attached hydrogens (tertiary/aromatic N) is 2. The third-order valence-electron chi connectivity index (χ3n) is 10.3. The van der Waals surface area contributed by atoms with Crippen LogP contribution < -0.4 is 40.2 Å². The number of carbonyl (C=O) groups excluding carboxylic acids is 6. The van der Waals surface area contributed by atoms with Crippen LogP contribution in [0.2, 0.25) is 0 Å². The Bertz CT molecular complexity index is 1460. The molecule has 6 fully saturated rings. The van der Waals surface area contributed by atoms with Gasteiger partial charge in [-0.2, -0.15) is 13.2 Å². The zero-order valence-corrected chi connectivity index (χ0v) is 41.4. The molecule has 0 aromatic carbocycles. The molecule has 18 nitrogen and oxygen atoms in total. The van der Waals surface area contributed by atoms with Gasteiger partial charge in [0.05, 0.1) is 25.0 Å². The second-order valence-electron chi connectivity index (χ2n) is 15.5. The predicted molar refractivity (Wildman–Crippen MR) is 231 cm³/mol. The molecule has 371 valence electrons. The molecule has 65 heavy (non-hydrogen) atoms. The molecule has 3 N–H and O–H groups in total. The quantitative estimate of drug-likeness (QED) is 0.139. The predicted octanol–water partition coefficient (Wildman–Crippen LogP) is 0.955. The van der Waals surface area contributed by atoms with Gasteiger partial charge in [-0.3, -0.25) is 29.0 Å². The van der Waals surface area contributed by atoms with Crippen LogP contribution in [-0.4, -0.2) is 158 Å². The Morgan fingerprint density at radius 2 is 1.14 bits per heavy atom. The number of halogens is 3. The van der Waals surface area contributed by atoms with Crippen molar-refractivity contribution in [3.63, 3.8) is 0 Å². The maximum absolute atomic E-state index is 12.8. The van der Waals surface area contributed by atoms with Crippen LogP contribution in [0.25, 0.3) is 0 Å². The van der Waals surface area contributed by atoms with Crippen molar-refractivity contribution in [3.8, 4) is 0 Å². The Labute approximate surface area is 408 Å². The van der Waals surface area contributed by atoms with Crippen molar-refractivity contribution in [1.82, 2.24) is 20.4 Å². The molecule has 2 aliphatic carbocycles. The summed E-state index contributed by atoms with van der Waals surface area (Å²) >= 11 is 0. The monoisotopic (exact) mass is 966 g/mol. The number of alkyl halides is 3. The van der Waals surface area contributed by atoms with Crippen LogP contribution in [0.1, 0.15) is 113 Å². The van der Waals surface area contributed by atoms with E-state index in [0.29, 0.717) is 77.4 Å². The minimum Gasteiger partial charge on any atom is -0.793 e. The largest absolute Gasteiger partial charge is 1.00 e. The fourth-order valence-corrected chi connectivity index (χ4v) is 6.93. The van der Waals surface area contributed by atoms with Crippen LogP contribution in [0.3, 0.4) is 0 Å². The molecule has 0 aromatic heterocycles. The molecule has 4 heterocycles. The number of hydrogen-bond acceptors (Lipinski definition) is 18. The molecule has 0 spiro atoms. The van der Waals surface area contributed by atoms with Gasteiger partial charge in [0.1, 0.15) is 24.3 Å². The summed E-state index contributed by atoms with van der Waals surface area (Å²) in [6.07, 6.45) is 7.37. The normalized spacial score (nSPS) is 23.6. The van der Waals surface area contributed by atoms with Gasteiger partial charge in [0.15, 0.2) is 0 Å². The van der Waals surface area contributed by atoms with E-state index in [9.17, 15) is 41.9 Å². The number of carbonyl (C=O) groups is 6. The van der Waals surface area contributed by atoms with Gasteiger partial charge in [-0.15, -0.1) is 0 Å². The first-order chi connectivity index (χ1) is 29.8. The molecule has 0 amide bonds. The van der Waals surface area contributed by atoms with Crippen LogP contribution in [0, 0.1) is 22.5 Å². The first-order valence-corrected chi connectivity index (χ1v) is 22.5. The zero-order valence-electron chi connectivity index (χ0n) is 38.6. The van der Waals surface area contributed by atoms with E-state index in [4.69, 9.17) is 22.7 Å². The molecule has 24 heteroatoms. The molecule has 0 bridgehead atoms. The molecule has 0 aromatic rings. The van der Waals surface area contributed by atoms with Crippen molar-refractivity contribution < 1.29 is 104 Å². The third kappa shape index (κ3) is 33.5. The summed E-state index contributed by atoms with van der Waals surface area (Å²) in [5, 5.41) is 6.22. The minimum atomic E-state index is -2.61. The van der Waals surface area contributed by atoms with Gasteiger partial charge >= 0.3 is 63.9 Å². The number of hydrogen-bond donors (Lipinski definition) is 3. The second kappa shape index (κ2) is 39.3. The first-order valence-electron chi connectivity index (χ1n) is 21.5. The maximum atomic E-state index is 12.8. The number of ether oxygens (including phenoxy) is 2. The van der Waals surface area contributed by atoms with E-state index in [-0.39, 0.29) is 66.5 Å². The molecular weight excluding hydrogens is 893 g/mol. The van der Waals surface area contributed by atoms with Gasteiger partial charge in [-0.1, -0.05) is 27.2 Å². The van der Waals surface area contributed by atoms with Crippen molar-refractivity contribution in [2.24, 2.45) is 17.8 Å². The second-order valence-corrected chi connectivity index (χ2v) is 16.0. The average molecular weight is 967 g/mol. The standard InChI is InChI=1S/C12H20FNO2.C10H19FN2.C9H14O3.C4H6O4.C3H6FN.C2H3BO2.CH4.HNO2S.Na/c1-2-16-12(15)9-4-3-5-11(6-9)14-7-10(13)8-14;1-2-8-3-10(5-12-4-8)13-6-9(11)7-13;1-2-12-9(11)7-4-3-5-8(10)6-7;1-3(5)7-8-4(2)6;4-3-1-5-2-3;1-2(4)5-3;;1-4(2)3;/h9-11H,2-8H2,1H3;8-10,12H,2-7H2,1H3;7H,2-6H2,1H3;1-2H3;3,5H,1-2H2;1H3;1H4;1H;/q;;;;;-1;;;+1. The molecule has 5 atom stereocenters. The molecule has 2 saturated carbocycles.